The quantitative estimate of drug-likeness (QED) is 0.418. The molecule has 0 unspecified atom stereocenters. The Balaban J connectivity index is 2.27. The summed E-state index contributed by atoms with van der Waals surface area (Å²) < 4.78 is 26.7. The summed E-state index contributed by atoms with van der Waals surface area (Å²) in [5, 5.41) is 0.152. The first-order valence-corrected chi connectivity index (χ1v) is 12.5. The average molecular weight is 377 g/mol. The van der Waals surface area contributed by atoms with Crippen LogP contribution in [0.15, 0.2) is 36.4 Å². The highest BCUT2D eigenvalue weighted by Gasteiger charge is 2.41. The summed E-state index contributed by atoms with van der Waals surface area (Å²) in [6, 6.07) is 4.68. The van der Waals surface area contributed by atoms with E-state index >= 15 is 0 Å². The molecule has 2 atom stereocenters. The SMILES string of the molecule is C/C=C\c1cc(F)ccc1O[C@H]1C=CCCC[C@@H]1O[Si](C)(C)C(C)(C)C. The van der Waals surface area contributed by atoms with Gasteiger partial charge in [-0.1, -0.05) is 39.0 Å². The van der Waals surface area contributed by atoms with E-state index in [-0.39, 0.29) is 23.1 Å². The number of allylic oxidation sites excluding steroid dienone is 2. The van der Waals surface area contributed by atoms with Crippen LogP contribution in [0.25, 0.3) is 6.08 Å². The van der Waals surface area contributed by atoms with Gasteiger partial charge in [0.15, 0.2) is 8.32 Å². The number of halogens is 1. The first-order chi connectivity index (χ1) is 12.1. The van der Waals surface area contributed by atoms with Crippen LogP contribution in [0.5, 0.6) is 5.75 Å². The molecule has 1 aromatic rings. The monoisotopic (exact) mass is 376 g/mol. The molecule has 2 nitrogen and oxygen atoms in total. The zero-order chi connectivity index (χ0) is 19.4. The molecule has 2 rings (SSSR count). The molecule has 0 aliphatic heterocycles. The number of benzene rings is 1. The van der Waals surface area contributed by atoms with Crippen molar-refractivity contribution in [1.29, 1.82) is 0 Å². The molecular formula is C22H33FO2Si. The molecule has 0 spiro atoms. The zero-order valence-electron chi connectivity index (χ0n) is 17.0. The minimum Gasteiger partial charge on any atom is -0.483 e. The Bertz CT molecular complexity index is 659. The molecule has 4 heteroatoms. The van der Waals surface area contributed by atoms with E-state index in [9.17, 15) is 4.39 Å². The van der Waals surface area contributed by atoms with Crippen molar-refractivity contribution in [2.24, 2.45) is 0 Å². The Morgan fingerprint density at radius 3 is 2.62 bits per heavy atom. The van der Waals surface area contributed by atoms with Gasteiger partial charge in [-0.3, -0.25) is 0 Å². The Kier molecular flexibility index (Phi) is 6.86. The topological polar surface area (TPSA) is 18.5 Å². The lowest BCUT2D eigenvalue weighted by molar-refractivity contribution is 0.0668. The van der Waals surface area contributed by atoms with Gasteiger partial charge in [0.25, 0.3) is 0 Å². The summed E-state index contributed by atoms with van der Waals surface area (Å²) in [6.45, 7) is 13.2. The predicted octanol–water partition coefficient (Wildman–Crippen LogP) is 6.74. The Labute approximate surface area is 159 Å². The van der Waals surface area contributed by atoms with Crippen LogP contribution < -0.4 is 4.74 Å². The molecule has 0 saturated heterocycles. The van der Waals surface area contributed by atoms with Crippen molar-refractivity contribution in [2.45, 2.75) is 77.3 Å². The first kappa shape index (κ1) is 20.9. The van der Waals surface area contributed by atoms with Crippen molar-refractivity contribution < 1.29 is 13.6 Å². The molecule has 1 aromatic carbocycles. The van der Waals surface area contributed by atoms with Crippen LogP contribution in [0.3, 0.4) is 0 Å². The van der Waals surface area contributed by atoms with Gasteiger partial charge in [0.2, 0.25) is 0 Å². The second kappa shape index (κ2) is 8.53. The molecule has 0 aromatic heterocycles. The second-order valence-electron chi connectivity index (χ2n) is 8.54. The van der Waals surface area contributed by atoms with Crippen molar-refractivity contribution in [1.82, 2.24) is 0 Å². The molecule has 26 heavy (non-hydrogen) atoms. The van der Waals surface area contributed by atoms with Crippen LogP contribution in [0.2, 0.25) is 18.1 Å². The molecule has 0 N–H and O–H groups in total. The number of rotatable bonds is 5. The van der Waals surface area contributed by atoms with E-state index in [0.717, 1.165) is 24.8 Å². The van der Waals surface area contributed by atoms with Crippen molar-refractivity contribution in [3.63, 3.8) is 0 Å². The minimum absolute atomic E-state index is 0.0261. The van der Waals surface area contributed by atoms with Gasteiger partial charge in [0, 0.05) is 5.56 Å². The standard InChI is InChI=1S/C22H33FO2Si/c1-7-11-17-16-18(23)14-15-19(17)24-20-12-9-8-10-13-21(20)25-26(5,6)22(2,3)4/h7,9,11-12,14-16,20-21H,8,10,13H2,1-6H3/b11-7-/t20-,21-/m0/s1. The van der Waals surface area contributed by atoms with Crippen LogP contribution >= 0.6 is 0 Å². The highest BCUT2D eigenvalue weighted by atomic mass is 28.4. The lowest BCUT2D eigenvalue weighted by atomic mass is 10.1. The molecule has 144 valence electrons. The van der Waals surface area contributed by atoms with Gasteiger partial charge >= 0.3 is 0 Å². The predicted molar refractivity (Wildman–Crippen MR) is 111 cm³/mol. The summed E-state index contributed by atoms with van der Waals surface area (Å²) in [5.41, 5.74) is 0.760. The Hall–Kier alpha value is -1.39. The van der Waals surface area contributed by atoms with E-state index in [0.29, 0.717) is 5.75 Å². The maximum atomic E-state index is 13.6. The highest BCUT2D eigenvalue weighted by molar-refractivity contribution is 6.74. The second-order valence-corrected chi connectivity index (χ2v) is 13.3. The summed E-state index contributed by atoms with van der Waals surface area (Å²) in [4.78, 5) is 0. The van der Waals surface area contributed by atoms with Crippen molar-refractivity contribution >= 4 is 14.4 Å². The van der Waals surface area contributed by atoms with Gasteiger partial charge in [-0.25, -0.2) is 4.39 Å². The van der Waals surface area contributed by atoms with E-state index in [2.05, 4.69) is 46.0 Å². The lowest BCUT2D eigenvalue weighted by Gasteiger charge is -2.40. The molecule has 0 fully saturated rings. The van der Waals surface area contributed by atoms with Gasteiger partial charge in [-0.05, 0) is 68.6 Å². The molecule has 0 bridgehead atoms. The largest absolute Gasteiger partial charge is 0.483 e. The van der Waals surface area contributed by atoms with Crippen LogP contribution in [0.4, 0.5) is 4.39 Å². The van der Waals surface area contributed by atoms with Crippen LogP contribution in [-0.2, 0) is 4.43 Å². The maximum absolute atomic E-state index is 13.6. The summed E-state index contributed by atoms with van der Waals surface area (Å²) in [5.74, 6) is 0.445. The van der Waals surface area contributed by atoms with E-state index in [4.69, 9.17) is 9.16 Å². The van der Waals surface area contributed by atoms with E-state index in [1.807, 2.05) is 19.1 Å². The molecule has 0 saturated carbocycles. The fourth-order valence-corrected chi connectivity index (χ4v) is 4.20. The third-order valence-electron chi connectivity index (χ3n) is 5.38. The van der Waals surface area contributed by atoms with Gasteiger partial charge in [0.1, 0.15) is 17.7 Å². The van der Waals surface area contributed by atoms with Gasteiger partial charge in [0.05, 0.1) is 6.10 Å². The van der Waals surface area contributed by atoms with E-state index < -0.39 is 8.32 Å². The van der Waals surface area contributed by atoms with Crippen molar-refractivity contribution in [3.8, 4) is 5.75 Å². The number of hydrogen-bond acceptors (Lipinski definition) is 2. The number of ether oxygens (including phenoxy) is 1. The average Bonchev–Trinajstić information content (AvgIpc) is 2.74. The summed E-state index contributed by atoms with van der Waals surface area (Å²) in [6.07, 6.45) is 11.1. The Morgan fingerprint density at radius 1 is 1.23 bits per heavy atom. The van der Waals surface area contributed by atoms with Gasteiger partial charge in [-0.2, -0.15) is 0 Å². The van der Waals surface area contributed by atoms with Gasteiger partial charge < -0.3 is 9.16 Å². The first-order valence-electron chi connectivity index (χ1n) is 9.57. The van der Waals surface area contributed by atoms with Crippen molar-refractivity contribution in [3.05, 3.63) is 47.8 Å². The fraction of sp³-hybridized carbons (Fsp3) is 0.545. The molecule has 1 aliphatic carbocycles. The van der Waals surface area contributed by atoms with Crippen LogP contribution in [0.1, 0.15) is 52.5 Å². The third kappa shape index (κ3) is 5.30. The van der Waals surface area contributed by atoms with Crippen LogP contribution in [0, 0.1) is 5.82 Å². The smallest absolute Gasteiger partial charge is 0.192 e. The van der Waals surface area contributed by atoms with E-state index in [1.165, 1.54) is 12.1 Å². The molecule has 0 radical (unpaired) electrons. The minimum atomic E-state index is -1.90. The fourth-order valence-electron chi connectivity index (χ4n) is 2.83. The highest BCUT2D eigenvalue weighted by Crippen LogP contribution is 2.39. The van der Waals surface area contributed by atoms with Crippen molar-refractivity contribution in [2.75, 3.05) is 0 Å². The normalized spacial score (nSPS) is 21.8. The zero-order valence-corrected chi connectivity index (χ0v) is 18.0. The van der Waals surface area contributed by atoms with Gasteiger partial charge in [-0.15, -0.1) is 0 Å². The number of hydrogen-bond donors (Lipinski definition) is 0. The molecule has 0 heterocycles. The summed E-state index contributed by atoms with van der Waals surface area (Å²) >= 11 is 0. The third-order valence-corrected chi connectivity index (χ3v) is 9.89. The molecular weight excluding hydrogens is 343 g/mol. The lowest BCUT2D eigenvalue weighted by Crippen LogP contribution is -2.47. The Morgan fingerprint density at radius 2 is 1.96 bits per heavy atom. The molecule has 1 aliphatic rings. The maximum Gasteiger partial charge on any atom is 0.192 e. The van der Waals surface area contributed by atoms with E-state index in [1.54, 1.807) is 6.07 Å². The van der Waals surface area contributed by atoms with Crippen LogP contribution in [-0.4, -0.2) is 20.5 Å². The molecule has 0 amide bonds. The summed E-state index contributed by atoms with van der Waals surface area (Å²) in [7, 11) is -1.90.